The van der Waals surface area contributed by atoms with Gasteiger partial charge in [0.2, 0.25) is 0 Å². The molecule has 1 atom stereocenters. The average Bonchev–Trinajstić information content (AvgIpc) is 3.18. The van der Waals surface area contributed by atoms with E-state index in [1.807, 2.05) is 48.5 Å². The van der Waals surface area contributed by atoms with E-state index in [4.69, 9.17) is 27.9 Å². The molecule has 3 nitrogen and oxygen atoms in total. The molecule has 32 heavy (non-hydrogen) atoms. The number of hydrogen-bond acceptors (Lipinski definition) is 2. The van der Waals surface area contributed by atoms with Crippen LogP contribution in [0.15, 0.2) is 91.1 Å². The topological polar surface area (TPSA) is 17.4 Å². The molecular formula is C27H24Cl2N2O. The third-order valence-corrected chi connectivity index (χ3v) is 6.62. The van der Waals surface area contributed by atoms with Crippen LogP contribution in [0.1, 0.15) is 29.3 Å². The molecule has 3 aromatic carbocycles. The zero-order chi connectivity index (χ0) is 21.9. The Morgan fingerprint density at radius 1 is 0.781 bits per heavy atom. The zero-order valence-corrected chi connectivity index (χ0v) is 19.1. The molecule has 0 unspecified atom stereocenters. The normalized spacial score (nSPS) is 16.4. The van der Waals surface area contributed by atoms with Crippen LogP contribution in [0.25, 0.3) is 0 Å². The first kappa shape index (κ1) is 21.1. The number of rotatable bonds is 5. The van der Waals surface area contributed by atoms with Gasteiger partial charge in [-0.05, 0) is 66.1 Å². The van der Waals surface area contributed by atoms with Gasteiger partial charge < -0.3 is 9.30 Å². The van der Waals surface area contributed by atoms with E-state index in [2.05, 4.69) is 52.1 Å². The Balaban J connectivity index is 1.46. The van der Waals surface area contributed by atoms with Gasteiger partial charge in [-0.2, -0.15) is 0 Å². The lowest BCUT2D eigenvalue weighted by Crippen LogP contribution is -2.29. The maximum absolute atomic E-state index is 6.41. The van der Waals surface area contributed by atoms with Gasteiger partial charge in [0.15, 0.2) is 0 Å². The van der Waals surface area contributed by atoms with E-state index < -0.39 is 0 Å². The third-order valence-electron chi connectivity index (χ3n) is 5.88. The summed E-state index contributed by atoms with van der Waals surface area (Å²) in [5.74, 6) is 1.68. The van der Waals surface area contributed by atoms with E-state index in [1.54, 1.807) is 0 Å². The molecule has 1 aliphatic heterocycles. The molecule has 0 spiro atoms. The molecule has 2 heterocycles. The molecule has 1 aromatic heterocycles. The fraction of sp³-hybridized carbons (Fsp3) is 0.185. The molecule has 4 aromatic rings. The highest BCUT2D eigenvalue weighted by Crippen LogP contribution is 2.36. The van der Waals surface area contributed by atoms with E-state index in [-0.39, 0.29) is 6.04 Å². The largest absolute Gasteiger partial charge is 0.457 e. The van der Waals surface area contributed by atoms with Crippen molar-refractivity contribution in [1.29, 1.82) is 0 Å². The van der Waals surface area contributed by atoms with Gasteiger partial charge in [0.05, 0.1) is 16.1 Å². The van der Waals surface area contributed by atoms with Crippen molar-refractivity contribution in [2.45, 2.75) is 25.6 Å². The van der Waals surface area contributed by atoms with Crippen LogP contribution in [-0.4, -0.2) is 16.0 Å². The lowest BCUT2D eigenvalue weighted by atomic mass is 10.0. The molecular weight excluding hydrogens is 439 g/mol. The number of hydrogen-bond donors (Lipinski definition) is 0. The Morgan fingerprint density at radius 2 is 1.62 bits per heavy atom. The summed E-state index contributed by atoms with van der Waals surface area (Å²) in [5, 5.41) is 1.17. The van der Waals surface area contributed by atoms with Crippen LogP contribution >= 0.6 is 23.2 Å². The Bertz CT molecular complexity index is 1210. The van der Waals surface area contributed by atoms with Crippen molar-refractivity contribution in [3.8, 4) is 11.5 Å². The average molecular weight is 463 g/mol. The van der Waals surface area contributed by atoms with Gasteiger partial charge >= 0.3 is 0 Å². The Labute approximate surface area is 198 Å². The minimum absolute atomic E-state index is 0.0981. The number of para-hydroxylation sites is 1. The van der Waals surface area contributed by atoms with Crippen LogP contribution in [0.4, 0.5) is 0 Å². The Kier molecular flexibility index (Phi) is 6.22. The van der Waals surface area contributed by atoms with Crippen LogP contribution in [0.5, 0.6) is 11.5 Å². The SMILES string of the molecule is Clc1ccc([C@H]2c3cccn3CCCN2Cc2cccc(Oc3ccccc3)c2)cc1Cl. The lowest BCUT2D eigenvalue weighted by molar-refractivity contribution is 0.220. The fourth-order valence-corrected chi connectivity index (χ4v) is 4.75. The van der Waals surface area contributed by atoms with Gasteiger partial charge in [-0.3, -0.25) is 4.90 Å². The number of ether oxygens (including phenoxy) is 1. The van der Waals surface area contributed by atoms with Gasteiger partial charge in [-0.1, -0.05) is 59.6 Å². The highest BCUT2D eigenvalue weighted by Gasteiger charge is 2.28. The second-order valence-corrected chi connectivity index (χ2v) is 8.90. The molecule has 0 radical (unpaired) electrons. The third kappa shape index (κ3) is 4.56. The maximum atomic E-state index is 6.41. The minimum Gasteiger partial charge on any atom is -0.457 e. The number of aromatic nitrogens is 1. The lowest BCUT2D eigenvalue weighted by Gasteiger charge is -2.31. The molecule has 0 amide bonds. The number of halogens is 2. The highest BCUT2D eigenvalue weighted by molar-refractivity contribution is 6.42. The van der Waals surface area contributed by atoms with Crippen LogP contribution < -0.4 is 4.74 Å². The Morgan fingerprint density at radius 3 is 2.47 bits per heavy atom. The first-order chi connectivity index (χ1) is 15.7. The van der Waals surface area contributed by atoms with Crippen LogP contribution in [0.2, 0.25) is 10.0 Å². The summed E-state index contributed by atoms with van der Waals surface area (Å²) >= 11 is 12.6. The molecule has 5 rings (SSSR count). The van der Waals surface area contributed by atoms with E-state index in [0.29, 0.717) is 10.0 Å². The van der Waals surface area contributed by atoms with Crippen LogP contribution in [0.3, 0.4) is 0 Å². The Hall–Kier alpha value is -2.72. The fourth-order valence-electron chi connectivity index (χ4n) is 4.44. The minimum atomic E-state index is 0.0981. The molecule has 0 N–H and O–H groups in total. The summed E-state index contributed by atoms with van der Waals surface area (Å²) in [7, 11) is 0. The van der Waals surface area contributed by atoms with Gasteiger partial charge in [0, 0.05) is 31.5 Å². The van der Waals surface area contributed by atoms with E-state index in [1.165, 1.54) is 11.3 Å². The molecule has 1 aliphatic rings. The predicted octanol–water partition coefficient (Wildman–Crippen LogP) is 7.58. The summed E-state index contributed by atoms with van der Waals surface area (Å²) in [6, 6.07) is 28.6. The van der Waals surface area contributed by atoms with Gasteiger partial charge in [0.1, 0.15) is 11.5 Å². The molecule has 0 saturated carbocycles. The first-order valence-electron chi connectivity index (χ1n) is 10.8. The van der Waals surface area contributed by atoms with Crippen molar-refractivity contribution in [3.05, 3.63) is 118 Å². The van der Waals surface area contributed by atoms with Crippen molar-refractivity contribution in [1.82, 2.24) is 9.47 Å². The quantitative estimate of drug-likeness (QED) is 0.304. The number of nitrogens with zero attached hydrogens (tertiary/aromatic N) is 2. The van der Waals surface area contributed by atoms with Crippen LogP contribution in [0, 0.1) is 0 Å². The maximum Gasteiger partial charge on any atom is 0.127 e. The van der Waals surface area contributed by atoms with Crippen molar-refractivity contribution in [3.63, 3.8) is 0 Å². The van der Waals surface area contributed by atoms with Crippen molar-refractivity contribution < 1.29 is 4.74 Å². The number of aryl methyl sites for hydroxylation is 1. The van der Waals surface area contributed by atoms with Crippen molar-refractivity contribution in [2.75, 3.05) is 6.54 Å². The summed E-state index contributed by atoms with van der Waals surface area (Å²) in [5.41, 5.74) is 3.64. The standard InChI is InChI=1S/C27H24Cl2N2O/c28-24-13-12-21(18-25(24)29)27-26-11-5-14-30(26)15-6-16-31(27)19-20-7-4-10-23(17-20)32-22-8-2-1-3-9-22/h1-5,7-14,17-18,27H,6,15-16,19H2/t27-/m0/s1. The van der Waals surface area contributed by atoms with Crippen LogP contribution in [-0.2, 0) is 13.1 Å². The predicted molar refractivity (Wildman–Crippen MR) is 131 cm³/mol. The van der Waals surface area contributed by atoms with Crippen molar-refractivity contribution >= 4 is 23.2 Å². The second-order valence-electron chi connectivity index (χ2n) is 8.09. The van der Waals surface area contributed by atoms with Gasteiger partial charge in [-0.25, -0.2) is 0 Å². The molecule has 0 bridgehead atoms. The number of fused-ring (bicyclic) bond motifs is 1. The smallest absolute Gasteiger partial charge is 0.127 e. The molecule has 5 heteroatoms. The highest BCUT2D eigenvalue weighted by atomic mass is 35.5. The van der Waals surface area contributed by atoms with Gasteiger partial charge in [-0.15, -0.1) is 0 Å². The monoisotopic (exact) mass is 462 g/mol. The first-order valence-corrected chi connectivity index (χ1v) is 11.6. The molecule has 0 saturated heterocycles. The summed E-state index contributed by atoms with van der Waals surface area (Å²) in [6.07, 6.45) is 3.25. The van der Waals surface area contributed by atoms with Gasteiger partial charge in [0.25, 0.3) is 0 Å². The zero-order valence-electron chi connectivity index (χ0n) is 17.6. The molecule has 0 fully saturated rings. The molecule has 0 aliphatic carbocycles. The summed E-state index contributed by atoms with van der Waals surface area (Å²) in [4.78, 5) is 2.51. The summed E-state index contributed by atoms with van der Waals surface area (Å²) < 4.78 is 8.41. The number of benzene rings is 3. The molecule has 162 valence electrons. The second kappa shape index (κ2) is 9.41. The van der Waals surface area contributed by atoms with E-state index >= 15 is 0 Å². The van der Waals surface area contributed by atoms with Crippen molar-refractivity contribution in [2.24, 2.45) is 0 Å². The van der Waals surface area contributed by atoms with E-state index in [0.717, 1.165) is 43.1 Å². The van der Waals surface area contributed by atoms with E-state index in [9.17, 15) is 0 Å². The summed E-state index contributed by atoms with van der Waals surface area (Å²) in [6.45, 7) is 2.80.